The number of rotatable bonds is 6. The Kier molecular flexibility index (Phi) is 5.97. The minimum absolute atomic E-state index is 0.539. The van der Waals surface area contributed by atoms with Crippen LogP contribution in [0.2, 0.25) is 0 Å². The molecular formula is C16H24N4O. The Labute approximate surface area is 127 Å². The first-order chi connectivity index (χ1) is 10.3. The minimum atomic E-state index is 0.539. The molecule has 21 heavy (non-hydrogen) atoms. The quantitative estimate of drug-likeness (QED) is 0.748. The third-order valence-corrected chi connectivity index (χ3v) is 4.00. The summed E-state index contributed by atoms with van der Waals surface area (Å²) in [5, 5.41) is 8.83. The van der Waals surface area contributed by atoms with E-state index in [1.54, 1.807) is 6.20 Å². The number of hydrogen-bond donors (Lipinski definition) is 0. The molecule has 1 saturated heterocycles. The number of anilines is 1. The van der Waals surface area contributed by atoms with E-state index in [9.17, 15) is 0 Å². The van der Waals surface area contributed by atoms with Crippen LogP contribution in [0.15, 0.2) is 18.3 Å². The molecule has 5 nitrogen and oxygen atoms in total. The van der Waals surface area contributed by atoms with Crippen molar-refractivity contribution in [1.82, 2.24) is 9.88 Å². The van der Waals surface area contributed by atoms with Crippen LogP contribution < -0.4 is 4.90 Å². The predicted molar refractivity (Wildman–Crippen MR) is 83.3 cm³/mol. The summed E-state index contributed by atoms with van der Waals surface area (Å²) in [5.41, 5.74) is 0.612. The van der Waals surface area contributed by atoms with Gasteiger partial charge in [-0.05, 0) is 25.5 Å². The minimum Gasteiger partial charge on any atom is -0.380 e. The number of pyridine rings is 1. The average molecular weight is 288 g/mol. The zero-order valence-electron chi connectivity index (χ0n) is 13.0. The van der Waals surface area contributed by atoms with Crippen LogP contribution in [0.25, 0.3) is 0 Å². The van der Waals surface area contributed by atoms with Crippen LogP contribution in [0, 0.1) is 11.3 Å². The molecule has 0 radical (unpaired) electrons. The average Bonchev–Trinajstić information content (AvgIpc) is 2.55. The summed E-state index contributed by atoms with van der Waals surface area (Å²) in [5.74, 6) is 0.969. The Morgan fingerprint density at radius 1 is 1.38 bits per heavy atom. The molecule has 0 aromatic carbocycles. The summed E-state index contributed by atoms with van der Waals surface area (Å²) in [6, 6.07) is 6.43. The SMILES string of the molecule is CCOCCN1CCN(c2ccc(C#N)cn2)C[C@H]1CC. The second-order valence-electron chi connectivity index (χ2n) is 5.26. The van der Waals surface area contributed by atoms with Gasteiger partial charge in [-0.25, -0.2) is 4.98 Å². The van der Waals surface area contributed by atoms with Crippen molar-refractivity contribution in [3.63, 3.8) is 0 Å². The topological polar surface area (TPSA) is 52.4 Å². The molecule has 1 fully saturated rings. The van der Waals surface area contributed by atoms with Crippen LogP contribution in [0.4, 0.5) is 5.82 Å². The van der Waals surface area contributed by atoms with E-state index in [0.717, 1.165) is 51.6 Å². The van der Waals surface area contributed by atoms with Crippen molar-refractivity contribution < 1.29 is 4.74 Å². The molecule has 0 saturated carbocycles. The van der Waals surface area contributed by atoms with Crippen molar-refractivity contribution >= 4 is 5.82 Å². The summed E-state index contributed by atoms with van der Waals surface area (Å²) >= 11 is 0. The third kappa shape index (κ3) is 4.16. The highest BCUT2D eigenvalue weighted by molar-refractivity contribution is 5.42. The Morgan fingerprint density at radius 3 is 2.86 bits per heavy atom. The van der Waals surface area contributed by atoms with E-state index in [4.69, 9.17) is 10.00 Å². The van der Waals surface area contributed by atoms with Crippen molar-refractivity contribution in [2.24, 2.45) is 0 Å². The number of piperazine rings is 1. The van der Waals surface area contributed by atoms with Crippen LogP contribution in [0.3, 0.4) is 0 Å². The molecule has 2 heterocycles. The van der Waals surface area contributed by atoms with Gasteiger partial charge >= 0.3 is 0 Å². The van der Waals surface area contributed by atoms with E-state index < -0.39 is 0 Å². The lowest BCUT2D eigenvalue weighted by atomic mass is 10.1. The Balaban J connectivity index is 1.94. The van der Waals surface area contributed by atoms with Gasteiger partial charge in [-0.15, -0.1) is 0 Å². The standard InChI is InChI=1S/C16H24N4O/c1-3-15-13-20(8-7-19(15)9-10-21-4-2)16-6-5-14(11-17)12-18-16/h5-6,12,15H,3-4,7-10,13H2,1-2H3/t15-/m1/s1. The molecule has 5 heteroatoms. The van der Waals surface area contributed by atoms with Gasteiger partial charge in [-0.1, -0.05) is 6.92 Å². The molecule has 0 aliphatic carbocycles. The summed E-state index contributed by atoms with van der Waals surface area (Å²) in [6.07, 6.45) is 2.77. The molecule has 114 valence electrons. The molecular weight excluding hydrogens is 264 g/mol. The van der Waals surface area contributed by atoms with Crippen LogP contribution in [-0.2, 0) is 4.74 Å². The Bertz CT molecular complexity index is 468. The molecule has 1 aliphatic heterocycles. The number of nitriles is 1. The summed E-state index contributed by atoms with van der Waals surface area (Å²) in [6.45, 7) is 9.85. The van der Waals surface area contributed by atoms with E-state index in [1.807, 2.05) is 19.1 Å². The number of aromatic nitrogens is 1. The smallest absolute Gasteiger partial charge is 0.128 e. The molecule has 1 atom stereocenters. The largest absolute Gasteiger partial charge is 0.380 e. The summed E-state index contributed by atoms with van der Waals surface area (Å²) < 4.78 is 5.47. The third-order valence-electron chi connectivity index (χ3n) is 4.00. The van der Waals surface area contributed by atoms with Crippen molar-refractivity contribution in [1.29, 1.82) is 5.26 Å². The zero-order chi connectivity index (χ0) is 15.1. The van der Waals surface area contributed by atoms with Gasteiger partial charge in [-0.3, -0.25) is 4.90 Å². The lowest BCUT2D eigenvalue weighted by molar-refractivity contribution is 0.0869. The van der Waals surface area contributed by atoms with Crippen LogP contribution in [-0.4, -0.2) is 55.3 Å². The van der Waals surface area contributed by atoms with Crippen molar-refractivity contribution in [2.45, 2.75) is 26.3 Å². The molecule has 0 unspecified atom stereocenters. The highest BCUT2D eigenvalue weighted by Gasteiger charge is 2.26. The van der Waals surface area contributed by atoms with E-state index in [0.29, 0.717) is 11.6 Å². The van der Waals surface area contributed by atoms with E-state index in [-0.39, 0.29) is 0 Å². The van der Waals surface area contributed by atoms with Crippen LogP contribution in [0.5, 0.6) is 0 Å². The summed E-state index contributed by atoms with van der Waals surface area (Å²) in [4.78, 5) is 9.22. The predicted octanol–water partition coefficient (Wildman–Crippen LogP) is 1.89. The van der Waals surface area contributed by atoms with Crippen molar-refractivity contribution in [3.05, 3.63) is 23.9 Å². The Hall–Kier alpha value is -1.64. The second-order valence-corrected chi connectivity index (χ2v) is 5.26. The molecule has 0 amide bonds. The van der Waals surface area contributed by atoms with Crippen LogP contribution >= 0.6 is 0 Å². The van der Waals surface area contributed by atoms with Gasteiger partial charge in [0.2, 0.25) is 0 Å². The molecule has 1 aromatic heterocycles. The number of nitrogens with zero attached hydrogens (tertiary/aromatic N) is 4. The van der Waals surface area contributed by atoms with Gasteiger partial charge in [0.25, 0.3) is 0 Å². The first-order valence-electron chi connectivity index (χ1n) is 7.71. The second kappa shape index (κ2) is 7.96. The maximum atomic E-state index is 8.83. The van der Waals surface area contributed by atoms with E-state index in [2.05, 4.69) is 27.8 Å². The van der Waals surface area contributed by atoms with E-state index >= 15 is 0 Å². The fraction of sp³-hybridized carbons (Fsp3) is 0.625. The first kappa shape index (κ1) is 15.7. The van der Waals surface area contributed by atoms with Gasteiger partial charge in [-0.2, -0.15) is 5.26 Å². The first-order valence-corrected chi connectivity index (χ1v) is 7.71. The molecule has 2 rings (SSSR count). The number of ether oxygens (including phenoxy) is 1. The van der Waals surface area contributed by atoms with Gasteiger partial charge in [0.1, 0.15) is 11.9 Å². The maximum Gasteiger partial charge on any atom is 0.128 e. The zero-order valence-corrected chi connectivity index (χ0v) is 13.0. The van der Waals surface area contributed by atoms with Gasteiger partial charge in [0, 0.05) is 45.0 Å². The highest BCUT2D eigenvalue weighted by Crippen LogP contribution is 2.18. The van der Waals surface area contributed by atoms with Gasteiger partial charge in [0.05, 0.1) is 12.2 Å². The maximum absolute atomic E-state index is 8.83. The highest BCUT2D eigenvalue weighted by atomic mass is 16.5. The normalized spacial score (nSPS) is 19.5. The van der Waals surface area contributed by atoms with Gasteiger partial charge in [0.15, 0.2) is 0 Å². The van der Waals surface area contributed by atoms with Gasteiger partial charge < -0.3 is 9.64 Å². The lowest BCUT2D eigenvalue weighted by Crippen LogP contribution is -2.54. The lowest BCUT2D eigenvalue weighted by Gasteiger charge is -2.41. The fourth-order valence-corrected chi connectivity index (χ4v) is 2.75. The molecule has 0 N–H and O–H groups in total. The number of hydrogen-bond acceptors (Lipinski definition) is 5. The Morgan fingerprint density at radius 2 is 2.24 bits per heavy atom. The molecule has 0 spiro atoms. The molecule has 1 aliphatic rings. The summed E-state index contributed by atoms with van der Waals surface area (Å²) in [7, 11) is 0. The van der Waals surface area contributed by atoms with Crippen molar-refractivity contribution in [3.8, 4) is 6.07 Å². The van der Waals surface area contributed by atoms with Crippen molar-refractivity contribution in [2.75, 3.05) is 44.3 Å². The molecule has 0 bridgehead atoms. The van der Waals surface area contributed by atoms with Crippen LogP contribution in [0.1, 0.15) is 25.8 Å². The molecule has 1 aromatic rings. The monoisotopic (exact) mass is 288 g/mol. The fourth-order valence-electron chi connectivity index (χ4n) is 2.75. The van der Waals surface area contributed by atoms with E-state index in [1.165, 1.54) is 0 Å².